The lowest BCUT2D eigenvalue weighted by Gasteiger charge is -2.43. The first-order valence-corrected chi connectivity index (χ1v) is 15.5. The summed E-state index contributed by atoms with van der Waals surface area (Å²) in [5, 5.41) is 20.8. The van der Waals surface area contributed by atoms with Crippen molar-refractivity contribution in [3.8, 4) is 11.1 Å². The highest BCUT2D eigenvalue weighted by Gasteiger charge is 2.33. The number of rotatable bonds is 9. The van der Waals surface area contributed by atoms with E-state index in [1.54, 1.807) is 6.20 Å². The van der Waals surface area contributed by atoms with Crippen LogP contribution >= 0.6 is 0 Å². The SMILES string of the molecule is CNc1ccc(C(=N)c2c(N)ncc(-c3cnn(C4CCC(C)(C)N(C)C4)c3)c2NC)cc1CC(C)C1=CCC(C)C=C1. The fraction of sp³-hybridized carbons (Fsp3) is 0.457. The number of pyridine rings is 1. The first-order valence-electron chi connectivity index (χ1n) is 15.5. The Kier molecular flexibility index (Phi) is 8.79. The van der Waals surface area contributed by atoms with E-state index in [2.05, 4.69) is 96.5 Å². The molecule has 3 heterocycles. The van der Waals surface area contributed by atoms with Gasteiger partial charge in [-0.1, -0.05) is 38.1 Å². The fourth-order valence-corrected chi connectivity index (χ4v) is 6.38. The number of hydrogen-bond acceptors (Lipinski definition) is 7. The molecular formula is C35H48N8. The molecule has 1 aliphatic heterocycles. The summed E-state index contributed by atoms with van der Waals surface area (Å²) in [5.41, 5.74) is 14.7. The summed E-state index contributed by atoms with van der Waals surface area (Å²) < 4.78 is 2.09. The molecule has 5 rings (SSSR count). The van der Waals surface area contributed by atoms with Gasteiger partial charge in [0.15, 0.2) is 0 Å². The number of benzene rings is 1. The predicted molar refractivity (Wildman–Crippen MR) is 180 cm³/mol. The largest absolute Gasteiger partial charge is 0.388 e. The Morgan fingerprint density at radius 3 is 2.67 bits per heavy atom. The fourth-order valence-electron chi connectivity index (χ4n) is 6.38. The molecule has 43 heavy (non-hydrogen) atoms. The number of anilines is 3. The standard InChI is InChI=1S/C35H48N8/c1-22-8-10-24(11-9-22)23(2)16-26-17-25(12-13-30(26)38-5)32(36)31-33(39-6)29(19-40-34(31)37)27-18-41-43(20-27)28-14-15-35(3,4)42(7)21-28/h8,10-13,17-20,22-23,28,36,38H,9,14-16,21H2,1-7H3,(H3,37,39,40). The van der Waals surface area contributed by atoms with Crippen LogP contribution < -0.4 is 16.4 Å². The van der Waals surface area contributed by atoms with Gasteiger partial charge in [-0.2, -0.15) is 5.10 Å². The van der Waals surface area contributed by atoms with E-state index in [0.717, 1.165) is 60.3 Å². The van der Waals surface area contributed by atoms with Gasteiger partial charge in [-0.25, -0.2) is 4.98 Å². The Morgan fingerprint density at radius 1 is 1.21 bits per heavy atom. The molecule has 5 N–H and O–H groups in total. The minimum atomic E-state index is 0.203. The number of nitrogens with zero attached hydrogens (tertiary/aromatic N) is 4. The van der Waals surface area contributed by atoms with Crippen molar-refractivity contribution < 1.29 is 0 Å². The van der Waals surface area contributed by atoms with Gasteiger partial charge in [0.1, 0.15) is 5.82 Å². The van der Waals surface area contributed by atoms with Crippen LogP contribution in [0.3, 0.4) is 0 Å². The molecule has 2 aliphatic rings. The van der Waals surface area contributed by atoms with E-state index in [0.29, 0.717) is 35.0 Å². The third kappa shape index (κ3) is 6.25. The van der Waals surface area contributed by atoms with Crippen molar-refractivity contribution in [1.82, 2.24) is 19.7 Å². The summed E-state index contributed by atoms with van der Waals surface area (Å²) in [5.74, 6) is 1.30. The molecule has 1 saturated heterocycles. The van der Waals surface area contributed by atoms with Gasteiger partial charge in [-0.3, -0.25) is 15.0 Å². The molecule has 0 spiro atoms. The van der Waals surface area contributed by atoms with Gasteiger partial charge >= 0.3 is 0 Å². The second-order valence-corrected chi connectivity index (χ2v) is 13.0. The van der Waals surface area contributed by atoms with Gasteiger partial charge in [0, 0.05) is 61.0 Å². The third-order valence-corrected chi connectivity index (χ3v) is 9.60. The smallest absolute Gasteiger partial charge is 0.134 e. The molecule has 0 amide bonds. The van der Waals surface area contributed by atoms with Crippen molar-refractivity contribution in [3.05, 3.63) is 77.3 Å². The molecule has 0 bridgehead atoms. The quantitative estimate of drug-likeness (QED) is 0.208. The van der Waals surface area contributed by atoms with Crippen molar-refractivity contribution in [3.63, 3.8) is 0 Å². The van der Waals surface area contributed by atoms with Crippen LogP contribution in [-0.2, 0) is 6.42 Å². The number of nitrogens with one attached hydrogen (secondary N) is 3. The molecule has 1 fully saturated rings. The number of allylic oxidation sites excluding steroid dienone is 4. The molecule has 1 aromatic carbocycles. The molecular weight excluding hydrogens is 532 g/mol. The third-order valence-electron chi connectivity index (χ3n) is 9.60. The number of piperidine rings is 1. The first-order chi connectivity index (χ1) is 20.5. The van der Waals surface area contributed by atoms with Crippen LogP contribution in [-0.4, -0.2) is 58.6 Å². The Bertz CT molecular complexity index is 1550. The molecule has 2 aromatic heterocycles. The van der Waals surface area contributed by atoms with Gasteiger partial charge in [-0.05, 0) is 81.7 Å². The van der Waals surface area contributed by atoms with E-state index in [1.165, 1.54) is 11.1 Å². The second-order valence-electron chi connectivity index (χ2n) is 13.0. The topological polar surface area (TPSA) is 108 Å². The Balaban J connectivity index is 1.44. The maximum atomic E-state index is 9.34. The molecule has 1 aliphatic carbocycles. The summed E-state index contributed by atoms with van der Waals surface area (Å²) >= 11 is 0. The van der Waals surface area contributed by atoms with E-state index in [-0.39, 0.29) is 5.54 Å². The molecule has 8 nitrogen and oxygen atoms in total. The Hall–Kier alpha value is -3.91. The number of hydrogen-bond donors (Lipinski definition) is 4. The number of aromatic nitrogens is 3. The predicted octanol–water partition coefficient (Wildman–Crippen LogP) is 6.77. The number of nitrogens with two attached hydrogens (primary N) is 1. The average molecular weight is 581 g/mol. The van der Waals surface area contributed by atoms with Crippen molar-refractivity contribution in [2.24, 2.45) is 11.8 Å². The van der Waals surface area contributed by atoms with Crippen LogP contribution in [0.1, 0.15) is 69.7 Å². The summed E-state index contributed by atoms with van der Waals surface area (Å²) in [4.78, 5) is 6.98. The zero-order chi connectivity index (χ0) is 30.9. The van der Waals surface area contributed by atoms with Gasteiger partial charge in [0.2, 0.25) is 0 Å². The molecule has 3 aromatic rings. The lowest BCUT2D eigenvalue weighted by Crippen LogP contribution is -2.48. The zero-order valence-electron chi connectivity index (χ0n) is 26.8. The highest BCUT2D eigenvalue weighted by atomic mass is 15.3. The minimum Gasteiger partial charge on any atom is -0.388 e. The molecule has 3 atom stereocenters. The van der Waals surface area contributed by atoms with Crippen LogP contribution in [0.15, 0.2) is 60.6 Å². The van der Waals surface area contributed by atoms with Crippen molar-refractivity contribution in [2.45, 2.75) is 65.0 Å². The summed E-state index contributed by atoms with van der Waals surface area (Å²) in [6.07, 6.45) is 16.9. The van der Waals surface area contributed by atoms with Crippen LogP contribution in [0.2, 0.25) is 0 Å². The number of likely N-dealkylation sites (tertiary alicyclic amines) is 1. The van der Waals surface area contributed by atoms with E-state index in [9.17, 15) is 5.41 Å². The summed E-state index contributed by atoms with van der Waals surface area (Å²) in [7, 11) is 6.02. The van der Waals surface area contributed by atoms with Crippen molar-refractivity contribution in [2.75, 3.05) is 44.1 Å². The molecule has 228 valence electrons. The van der Waals surface area contributed by atoms with Crippen LogP contribution in [0, 0.1) is 17.2 Å². The van der Waals surface area contributed by atoms with E-state index in [4.69, 9.17) is 10.8 Å². The zero-order valence-corrected chi connectivity index (χ0v) is 26.8. The lowest BCUT2D eigenvalue weighted by atomic mass is 9.86. The Labute approximate surface area is 257 Å². The van der Waals surface area contributed by atoms with Crippen LogP contribution in [0.25, 0.3) is 11.1 Å². The average Bonchev–Trinajstić information content (AvgIpc) is 3.48. The summed E-state index contributed by atoms with van der Waals surface area (Å²) in [6, 6.07) is 6.51. The normalized spacial score (nSPS) is 20.9. The second kappa shape index (κ2) is 12.4. The number of likely N-dealkylation sites (N-methyl/N-ethyl adjacent to an activating group) is 1. The van der Waals surface area contributed by atoms with Gasteiger partial charge < -0.3 is 16.4 Å². The minimum absolute atomic E-state index is 0.203. The van der Waals surface area contributed by atoms with Gasteiger partial charge in [-0.15, -0.1) is 0 Å². The monoisotopic (exact) mass is 580 g/mol. The van der Waals surface area contributed by atoms with Gasteiger partial charge in [0.25, 0.3) is 0 Å². The van der Waals surface area contributed by atoms with Crippen LogP contribution in [0.5, 0.6) is 0 Å². The van der Waals surface area contributed by atoms with Crippen molar-refractivity contribution >= 4 is 22.9 Å². The lowest BCUT2D eigenvalue weighted by molar-refractivity contribution is 0.0713. The van der Waals surface area contributed by atoms with Crippen molar-refractivity contribution in [1.29, 1.82) is 5.41 Å². The molecule has 0 radical (unpaired) electrons. The van der Waals surface area contributed by atoms with Gasteiger partial charge in [0.05, 0.1) is 29.2 Å². The Morgan fingerprint density at radius 2 is 2.00 bits per heavy atom. The molecule has 0 saturated carbocycles. The highest BCUT2D eigenvalue weighted by Crippen LogP contribution is 2.37. The molecule has 8 heteroatoms. The van der Waals surface area contributed by atoms with E-state index < -0.39 is 0 Å². The maximum Gasteiger partial charge on any atom is 0.134 e. The maximum absolute atomic E-state index is 9.34. The summed E-state index contributed by atoms with van der Waals surface area (Å²) in [6.45, 7) is 10.1. The van der Waals surface area contributed by atoms with E-state index >= 15 is 0 Å². The molecule has 3 unspecified atom stereocenters. The van der Waals surface area contributed by atoms with E-state index in [1.807, 2.05) is 26.4 Å². The highest BCUT2D eigenvalue weighted by molar-refractivity contribution is 6.18. The number of nitrogen functional groups attached to an aromatic ring is 1. The first kappa shape index (κ1) is 30.5. The van der Waals surface area contributed by atoms with Crippen LogP contribution in [0.4, 0.5) is 17.2 Å².